The van der Waals surface area contributed by atoms with Crippen LogP contribution >= 0.6 is 0 Å². The Balaban J connectivity index is 2.07. The predicted octanol–water partition coefficient (Wildman–Crippen LogP) is 2.96. The highest BCUT2D eigenvalue weighted by atomic mass is 16.5. The molecule has 1 saturated carbocycles. The van der Waals surface area contributed by atoms with Gasteiger partial charge in [0, 0.05) is 0 Å². The van der Waals surface area contributed by atoms with E-state index in [1.165, 1.54) is 12.8 Å². The Kier molecular flexibility index (Phi) is 3.67. The van der Waals surface area contributed by atoms with Crippen LogP contribution in [0, 0.1) is 12.8 Å². The zero-order chi connectivity index (χ0) is 12.3. The SMILES string of the molecule is CCOC(=O)c1cc(C)cc(OCC2CC2)c1. The largest absolute Gasteiger partial charge is 0.493 e. The first-order valence-corrected chi connectivity index (χ1v) is 6.10. The number of aryl methyl sites for hydroxylation is 1. The standard InChI is InChI=1S/C14H18O3/c1-3-16-14(15)12-6-10(2)7-13(8-12)17-9-11-4-5-11/h6-8,11H,3-5,9H2,1-2H3. The van der Waals surface area contributed by atoms with E-state index in [1.807, 2.05) is 19.1 Å². The summed E-state index contributed by atoms with van der Waals surface area (Å²) in [6.45, 7) is 4.90. The van der Waals surface area contributed by atoms with E-state index >= 15 is 0 Å². The van der Waals surface area contributed by atoms with Gasteiger partial charge in [-0.15, -0.1) is 0 Å². The van der Waals surface area contributed by atoms with Gasteiger partial charge in [0.1, 0.15) is 5.75 Å². The number of rotatable bonds is 5. The zero-order valence-corrected chi connectivity index (χ0v) is 10.4. The summed E-state index contributed by atoms with van der Waals surface area (Å²) in [5, 5.41) is 0. The van der Waals surface area contributed by atoms with Gasteiger partial charge in [0.15, 0.2) is 0 Å². The molecule has 0 aliphatic heterocycles. The maximum Gasteiger partial charge on any atom is 0.338 e. The van der Waals surface area contributed by atoms with E-state index in [4.69, 9.17) is 9.47 Å². The average Bonchev–Trinajstić information content (AvgIpc) is 3.10. The second-order valence-corrected chi connectivity index (χ2v) is 4.51. The minimum atomic E-state index is -0.285. The summed E-state index contributed by atoms with van der Waals surface area (Å²) >= 11 is 0. The van der Waals surface area contributed by atoms with Crippen LogP contribution in [-0.4, -0.2) is 19.2 Å². The summed E-state index contributed by atoms with van der Waals surface area (Å²) in [5.74, 6) is 1.19. The average molecular weight is 234 g/mol. The highest BCUT2D eigenvalue weighted by molar-refractivity contribution is 5.90. The molecule has 0 bridgehead atoms. The minimum Gasteiger partial charge on any atom is -0.493 e. The molecule has 0 aromatic heterocycles. The molecule has 17 heavy (non-hydrogen) atoms. The van der Waals surface area contributed by atoms with E-state index in [2.05, 4.69) is 0 Å². The van der Waals surface area contributed by atoms with E-state index in [0.717, 1.165) is 17.9 Å². The smallest absolute Gasteiger partial charge is 0.338 e. The number of carbonyl (C=O) groups excluding carboxylic acids is 1. The van der Waals surface area contributed by atoms with E-state index in [0.29, 0.717) is 18.1 Å². The van der Waals surface area contributed by atoms with Crippen molar-refractivity contribution >= 4 is 5.97 Å². The van der Waals surface area contributed by atoms with Crippen molar-refractivity contribution in [3.8, 4) is 5.75 Å². The van der Waals surface area contributed by atoms with Crippen molar-refractivity contribution in [1.82, 2.24) is 0 Å². The van der Waals surface area contributed by atoms with E-state index < -0.39 is 0 Å². The maximum atomic E-state index is 11.6. The highest BCUT2D eigenvalue weighted by Crippen LogP contribution is 2.30. The summed E-state index contributed by atoms with van der Waals surface area (Å²) in [7, 11) is 0. The number of ether oxygens (including phenoxy) is 2. The van der Waals surface area contributed by atoms with E-state index in [-0.39, 0.29) is 5.97 Å². The molecule has 92 valence electrons. The molecular weight excluding hydrogens is 216 g/mol. The van der Waals surface area contributed by atoms with Crippen molar-refractivity contribution in [2.45, 2.75) is 26.7 Å². The number of esters is 1. The third-order valence-electron chi connectivity index (χ3n) is 2.74. The van der Waals surface area contributed by atoms with E-state index in [1.54, 1.807) is 13.0 Å². The molecule has 1 aromatic carbocycles. The van der Waals surface area contributed by atoms with Gasteiger partial charge in [-0.3, -0.25) is 0 Å². The Morgan fingerprint density at radius 1 is 1.35 bits per heavy atom. The Hall–Kier alpha value is -1.51. The third-order valence-corrected chi connectivity index (χ3v) is 2.74. The minimum absolute atomic E-state index is 0.285. The van der Waals surface area contributed by atoms with Crippen molar-refractivity contribution in [1.29, 1.82) is 0 Å². The Morgan fingerprint density at radius 3 is 2.76 bits per heavy atom. The molecule has 2 rings (SSSR count). The van der Waals surface area contributed by atoms with Gasteiger partial charge in [-0.1, -0.05) is 0 Å². The molecular formula is C14H18O3. The molecule has 0 amide bonds. The second kappa shape index (κ2) is 5.21. The van der Waals surface area contributed by atoms with Gasteiger partial charge in [-0.25, -0.2) is 4.79 Å². The Morgan fingerprint density at radius 2 is 2.12 bits per heavy atom. The van der Waals surface area contributed by atoms with Gasteiger partial charge in [0.05, 0.1) is 18.8 Å². The Labute approximate surface area is 102 Å². The number of carbonyl (C=O) groups is 1. The molecule has 0 atom stereocenters. The molecule has 0 saturated heterocycles. The lowest BCUT2D eigenvalue weighted by atomic mass is 10.1. The van der Waals surface area contributed by atoms with Gasteiger partial charge in [-0.2, -0.15) is 0 Å². The van der Waals surface area contributed by atoms with Gasteiger partial charge in [0.25, 0.3) is 0 Å². The van der Waals surface area contributed by atoms with Crippen LogP contribution in [0.3, 0.4) is 0 Å². The monoisotopic (exact) mass is 234 g/mol. The lowest BCUT2D eigenvalue weighted by molar-refractivity contribution is 0.0525. The number of hydrogen-bond donors (Lipinski definition) is 0. The quantitative estimate of drug-likeness (QED) is 0.735. The topological polar surface area (TPSA) is 35.5 Å². The highest BCUT2D eigenvalue weighted by Gasteiger charge is 2.22. The van der Waals surface area contributed by atoms with Crippen molar-refractivity contribution in [3.05, 3.63) is 29.3 Å². The summed E-state index contributed by atoms with van der Waals surface area (Å²) in [4.78, 5) is 11.6. The first-order chi connectivity index (χ1) is 8.19. The van der Waals surface area contributed by atoms with Gasteiger partial charge in [0.2, 0.25) is 0 Å². The second-order valence-electron chi connectivity index (χ2n) is 4.51. The lowest BCUT2D eigenvalue weighted by Crippen LogP contribution is -2.06. The van der Waals surface area contributed by atoms with Crippen LogP contribution in [0.4, 0.5) is 0 Å². The van der Waals surface area contributed by atoms with Crippen LogP contribution in [0.2, 0.25) is 0 Å². The first-order valence-electron chi connectivity index (χ1n) is 6.10. The maximum absolute atomic E-state index is 11.6. The van der Waals surface area contributed by atoms with Crippen LogP contribution < -0.4 is 4.74 Å². The molecule has 1 fully saturated rings. The number of hydrogen-bond acceptors (Lipinski definition) is 3. The summed E-state index contributed by atoms with van der Waals surface area (Å²) in [6.07, 6.45) is 2.52. The van der Waals surface area contributed by atoms with Crippen molar-refractivity contribution < 1.29 is 14.3 Å². The third kappa shape index (κ3) is 3.48. The lowest BCUT2D eigenvalue weighted by Gasteiger charge is -2.08. The summed E-state index contributed by atoms with van der Waals surface area (Å²) < 4.78 is 10.7. The van der Waals surface area contributed by atoms with Gasteiger partial charge < -0.3 is 9.47 Å². The summed E-state index contributed by atoms with van der Waals surface area (Å²) in [5.41, 5.74) is 1.58. The fourth-order valence-electron chi connectivity index (χ4n) is 1.66. The molecule has 0 N–H and O–H groups in total. The normalized spacial score (nSPS) is 14.5. The van der Waals surface area contributed by atoms with Crippen LogP contribution in [0.25, 0.3) is 0 Å². The molecule has 0 unspecified atom stereocenters. The summed E-state index contributed by atoms with van der Waals surface area (Å²) in [6, 6.07) is 5.53. The van der Waals surface area contributed by atoms with Gasteiger partial charge in [-0.05, 0) is 56.4 Å². The fraction of sp³-hybridized carbons (Fsp3) is 0.500. The fourth-order valence-corrected chi connectivity index (χ4v) is 1.66. The molecule has 1 aliphatic rings. The molecule has 3 nitrogen and oxygen atoms in total. The molecule has 1 aromatic rings. The van der Waals surface area contributed by atoms with E-state index in [9.17, 15) is 4.79 Å². The van der Waals surface area contributed by atoms with Crippen molar-refractivity contribution in [3.63, 3.8) is 0 Å². The van der Waals surface area contributed by atoms with Crippen molar-refractivity contribution in [2.24, 2.45) is 5.92 Å². The Bertz CT molecular complexity index is 408. The molecule has 0 heterocycles. The first kappa shape index (κ1) is 12.0. The van der Waals surface area contributed by atoms with Crippen molar-refractivity contribution in [2.75, 3.05) is 13.2 Å². The van der Waals surface area contributed by atoms with Crippen LogP contribution in [0.15, 0.2) is 18.2 Å². The van der Waals surface area contributed by atoms with Crippen LogP contribution in [0.5, 0.6) is 5.75 Å². The van der Waals surface area contributed by atoms with Crippen LogP contribution in [0.1, 0.15) is 35.7 Å². The zero-order valence-electron chi connectivity index (χ0n) is 10.4. The molecule has 3 heteroatoms. The predicted molar refractivity (Wildman–Crippen MR) is 65.4 cm³/mol. The molecule has 0 spiro atoms. The number of benzene rings is 1. The molecule has 0 radical (unpaired) electrons. The van der Waals surface area contributed by atoms with Gasteiger partial charge >= 0.3 is 5.97 Å². The molecule has 1 aliphatic carbocycles. The van der Waals surface area contributed by atoms with Crippen LogP contribution in [-0.2, 0) is 4.74 Å².